The molecule has 0 spiro atoms. The molecule has 8 nitrogen and oxygen atoms in total. The molecule has 2 aromatic rings. The van der Waals surface area contributed by atoms with Gasteiger partial charge in [-0.1, -0.05) is 0 Å². The number of amides is 1. The second-order valence-corrected chi connectivity index (χ2v) is 7.56. The Morgan fingerprint density at radius 1 is 1.33 bits per heavy atom. The number of hydrogen-bond donors (Lipinski definition) is 2. The van der Waals surface area contributed by atoms with Gasteiger partial charge in [0.1, 0.15) is 0 Å². The van der Waals surface area contributed by atoms with Crippen molar-refractivity contribution >= 4 is 27.1 Å². The van der Waals surface area contributed by atoms with Crippen LogP contribution in [0.4, 0.5) is 5.69 Å². The smallest absolute Gasteiger partial charge is 0.234 e. The Bertz CT molecular complexity index is 812. The molecule has 130 valence electrons. The van der Waals surface area contributed by atoms with Crippen LogP contribution in [-0.4, -0.2) is 49.5 Å². The Balaban J connectivity index is 1.51. The molecule has 0 saturated carbocycles. The number of carbonyl (C=O) groups excluding carboxylic acids is 1. The highest BCUT2D eigenvalue weighted by atomic mass is 32.2. The number of fused-ring (bicyclic) bond motifs is 1. The number of nitrogens with zero attached hydrogens (tertiary/aromatic N) is 2. The summed E-state index contributed by atoms with van der Waals surface area (Å²) in [5.41, 5.74) is 1.27. The molecule has 24 heavy (non-hydrogen) atoms. The van der Waals surface area contributed by atoms with Gasteiger partial charge in [0, 0.05) is 38.1 Å². The first kappa shape index (κ1) is 16.7. The van der Waals surface area contributed by atoms with Gasteiger partial charge in [0.05, 0.1) is 17.0 Å². The van der Waals surface area contributed by atoms with E-state index in [9.17, 15) is 13.2 Å². The van der Waals surface area contributed by atoms with Crippen molar-refractivity contribution in [2.24, 2.45) is 5.92 Å². The van der Waals surface area contributed by atoms with Gasteiger partial charge in [0.15, 0.2) is 0 Å². The summed E-state index contributed by atoms with van der Waals surface area (Å²) in [4.78, 5) is 12.0. The molecule has 3 rings (SSSR count). The zero-order chi connectivity index (χ0) is 17.0. The molecule has 0 atom stereocenters. The molecule has 1 amide bonds. The number of carbonyl (C=O) groups is 1. The predicted molar refractivity (Wildman–Crippen MR) is 89.2 cm³/mol. The number of ether oxygens (including phenoxy) is 1. The van der Waals surface area contributed by atoms with Gasteiger partial charge in [-0.3, -0.25) is 9.52 Å². The van der Waals surface area contributed by atoms with Gasteiger partial charge in [-0.05, 0) is 31.0 Å². The molecule has 0 aliphatic carbocycles. The van der Waals surface area contributed by atoms with E-state index in [1.165, 1.54) is 0 Å². The normalized spacial score (nSPS) is 16.2. The van der Waals surface area contributed by atoms with Gasteiger partial charge in [-0.25, -0.2) is 12.9 Å². The minimum atomic E-state index is -3.53. The fourth-order valence-corrected chi connectivity index (χ4v) is 3.59. The molecule has 1 fully saturated rings. The predicted octanol–water partition coefficient (Wildman–Crippen LogP) is 0.619. The van der Waals surface area contributed by atoms with Crippen LogP contribution < -0.4 is 10.0 Å². The average molecular weight is 352 g/mol. The van der Waals surface area contributed by atoms with Crippen molar-refractivity contribution in [2.75, 3.05) is 30.2 Å². The summed E-state index contributed by atoms with van der Waals surface area (Å²) in [6.07, 6.45) is 4.68. The zero-order valence-corrected chi connectivity index (χ0v) is 14.0. The number of sulfonamides is 1. The Kier molecular flexibility index (Phi) is 5.00. The van der Waals surface area contributed by atoms with Crippen LogP contribution in [0.5, 0.6) is 0 Å². The van der Waals surface area contributed by atoms with Crippen LogP contribution in [0.1, 0.15) is 12.8 Å². The van der Waals surface area contributed by atoms with E-state index in [1.54, 1.807) is 35.1 Å². The molecular formula is C15H20N4O4S. The molecule has 0 radical (unpaired) electrons. The third-order valence-corrected chi connectivity index (χ3v) is 5.22. The average Bonchev–Trinajstić information content (AvgIpc) is 3.02. The monoisotopic (exact) mass is 352 g/mol. The van der Waals surface area contributed by atoms with Gasteiger partial charge in [0.25, 0.3) is 0 Å². The van der Waals surface area contributed by atoms with Crippen LogP contribution in [0.15, 0.2) is 30.6 Å². The number of aromatic nitrogens is 2. The van der Waals surface area contributed by atoms with Crippen LogP contribution in [0.3, 0.4) is 0 Å². The SMILES string of the molecule is O=C(NCCS(=O)(=O)Nc1ccn2nccc2c1)C1CCOCC1. The lowest BCUT2D eigenvalue weighted by Crippen LogP contribution is -2.37. The van der Waals surface area contributed by atoms with E-state index in [0.717, 1.165) is 5.52 Å². The molecule has 2 aromatic heterocycles. The summed E-state index contributed by atoms with van der Waals surface area (Å²) >= 11 is 0. The Morgan fingerprint density at radius 2 is 2.12 bits per heavy atom. The van der Waals surface area contributed by atoms with Crippen LogP contribution in [-0.2, 0) is 19.6 Å². The number of anilines is 1. The van der Waals surface area contributed by atoms with Crippen LogP contribution in [0, 0.1) is 5.92 Å². The second kappa shape index (κ2) is 7.18. The highest BCUT2D eigenvalue weighted by Gasteiger charge is 2.21. The summed E-state index contributed by atoms with van der Waals surface area (Å²) in [6.45, 7) is 1.24. The third kappa shape index (κ3) is 4.24. The Morgan fingerprint density at radius 3 is 2.92 bits per heavy atom. The first-order valence-corrected chi connectivity index (χ1v) is 9.48. The van der Waals surface area contributed by atoms with Crippen molar-refractivity contribution in [1.29, 1.82) is 0 Å². The van der Waals surface area contributed by atoms with E-state index < -0.39 is 10.0 Å². The lowest BCUT2D eigenvalue weighted by atomic mass is 10.00. The fraction of sp³-hybridized carbons (Fsp3) is 0.467. The van der Waals surface area contributed by atoms with E-state index in [1.807, 2.05) is 0 Å². The standard InChI is InChI=1S/C15H20N4O4S/c20-15(12-3-8-23-9-4-12)16-6-10-24(21,22)18-13-2-7-19-14(11-13)1-5-17-19/h1-2,5,7,11-12,18H,3-4,6,8-10H2,(H,16,20). The second-order valence-electron chi connectivity index (χ2n) is 5.71. The van der Waals surface area contributed by atoms with Crippen LogP contribution >= 0.6 is 0 Å². The highest BCUT2D eigenvalue weighted by Crippen LogP contribution is 2.15. The molecule has 1 saturated heterocycles. The molecule has 1 aliphatic rings. The van der Waals surface area contributed by atoms with Gasteiger partial charge in [0.2, 0.25) is 15.9 Å². The van der Waals surface area contributed by atoms with Gasteiger partial charge < -0.3 is 10.1 Å². The summed E-state index contributed by atoms with van der Waals surface area (Å²) in [5, 5.41) is 6.74. The minimum Gasteiger partial charge on any atom is -0.381 e. The molecular weight excluding hydrogens is 332 g/mol. The van der Waals surface area contributed by atoms with E-state index >= 15 is 0 Å². The first-order valence-electron chi connectivity index (χ1n) is 7.83. The van der Waals surface area contributed by atoms with Crippen molar-refractivity contribution in [2.45, 2.75) is 12.8 Å². The molecule has 0 bridgehead atoms. The Hall–Kier alpha value is -2.13. The number of rotatable bonds is 6. The number of nitrogens with one attached hydrogen (secondary N) is 2. The Labute approximate surface area is 140 Å². The lowest BCUT2D eigenvalue weighted by molar-refractivity contribution is -0.127. The maximum absolute atomic E-state index is 12.1. The molecule has 0 aromatic carbocycles. The summed E-state index contributed by atoms with van der Waals surface area (Å²) in [6, 6.07) is 5.12. The molecule has 3 heterocycles. The van der Waals surface area contributed by atoms with Crippen molar-refractivity contribution in [3.63, 3.8) is 0 Å². The quantitative estimate of drug-likeness (QED) is 0.793. The maximum atomic E-state index is 12.1. The van der Waals surface area contributed by atoms with E-state index in [0.29, 0.717) is 31.7 Å². The minimum absolute atomic E-state index is 0.0838. The topological polar surface area (TPSA) is 102 Å². The van der Waals surface area contributed by atoms with Crippen LogP contribution in [0.2, 0.25) is 0 Å². The molecule has 1 aliphatic heterocycles. The van der Waals surface area contributed by atoms with Crippen molar-refractivity contribution in [1.82, 2.24) is 14.9 Å². The summed E-state index contributed by atoms with van der Waals surface area (Å²) < 4.78 is 33.6. The van der Waals surface area contributed by atoms with E-state index in [2.05, 4.69) is 15.1 Å². The highest BCUT2D eigenvalue weighted by molar-refractivity contribution is 7.92. The third-order valence-electron chi connectivity index (χ3n) is 3.94. The van der Waals surface area contributed by atoms with Crippen molar-refractivity contribution < 1.29 is 17.9 Å². The van der Waals surface area contributed by atoms with Crippen LogP contribution in [0.25, 0.3) is 5.52 Å². The largest absolute Gasteiger partial charge is 0.381 e. The van der Waals surface area contributed by atoms with Crippen molar-refractivity contribution in [3.05, 3.63) is 30.6 Å². The number of pyridine rings is 1. The fourth-order valence-electron chi connectivity index (χ4n) is 2.63. The van der Waals surface area contributed by atoms with Gasteiger partial charge in [-0.2, -0.15) is 5.10 Å². The molecule has 0 unspecified atom stereocenters. The zero-order valence-electron chi connectivity index (χ0n) is 13.1. The molecule has 9 heteroatoms. The van der Waals surface area contributed by atoms with Gasteiger partial charge in [-0.15, -0.1) is 0 Å². The summed E-state index contributed by atoms with van der Waals surface area (Å²) in [7, 11) is -3.53. The van der Waals surface area contributed by atoms with E-state index in [-0.39, 0.29) is 24.1 Å². The number of hydrogen-bond acceptors (Lipinski definition) is 5. The van der Waals surface area contributed by atoms with E-state index in [4.69, 9.17) is 4.74 Å². The first-order chi connectivity index (χ1) is 11.5. The summed E-state index contributed by atoms with van der Waals surface area (Å²) in [5.74, 6) is -0.361. The molecule has 2 N–H and O–H groups in total. The lowest BCUT2D eigenvalue weighted by Gasteiger charge is -2.21. The van der Waals surface area contributed by atoms with Gasteiger partial charge >= 0.3 is 0 Å². The maximum Gasteiger partial charge on any atom is 0.234 e. The van der Waals surface area contributed by atoms with Crippen molar-refractivity contribution in [3.8, 4) is 0 Å².